The van der Waals surface area contributed by atoms with Gasteiger partial charge in [-0.05, 0) is 18.6 Å². The fourth-order valence-corrected chi connectivity index (χ4v) is 5.28. The average molecular weight is 321 g/mol. The minimum absolute atomic E-state index is 0.0499. The molecule has 2 N–H and O–H groups in total. The highest BCUT2D eigenvalue weighted by Crippen LogP contribution is 2.36. The van der Waals surface area contributed by atoms with E-state index in [1.165, 1.54) is 11.3 Å². The fraction of sp³-hybridized carbons (Fsp3) is 0.467. The number of thiophene rings is 1. The molecule has 4 nitrogen and oxygen atoms in total. The van der Waals surface area contributed by atoms with E-state index in [0.29, 0.717) is 21.1 Å². The van der Waals surface area contributed by atoms with Crippen molar-refractivity contribution >= 4 is 44.9 Å². The first-order valence-corrected chi connectivity index (χ1v) is 8.81. The lowest BCUT2D eigenvalue weighted by molar-refractivity contribution is 0.0759. The predicted molar refractivity (Wildman–Crippen MR) is 91.2 cm³/mol. The van der Waals surface area contributed by atoms with Gasteiger partial charge in [-0.1, -0.05) is 13.8 Å². The van der Waals surface area contributed by atoms with E-state index < -0.39 is 0 Å². The van der Waals surface area contributed by atoms with Gasteiger partial charge in [-0.25, -0.2) is 4.98 Å². The average Bonchev–Trinajstić information content (AvgIpc) is 2.75. The van der Waals surface area contributed by atoms with Gasteiger partial charge in [-0.15, -0.1) is 11.3 Å². The number of pyridine rings is 1. The molecule has 3 rings (SSSR count). The van der Waals surface area contributed by atoms with Crippen molar-refractivity contribution in [2.75, 3.05) is 18.8 Å². The van der Waals surface area contributed by atoms with Gasteiger partial charge in [0.25, 0.3) is 5.91 Å². The summed E-state index contributed by atoms with van der Waals surface area (Å²) in [4.78, 5) is 20.6. The normalized spacial score (nSPS) is 22.7. The number of aryl methyl sites for hydroxylation is 1. The second-order valence-electron chi connectivity index (χ2n) is 5.62. The first-order valence-electron chi connectivity index (χ1n) is 7.05. The maximum Gasteiger partial charge on any atom is 0.266 e. The summed E-state index contributed by atoms with van der Waals surface area (Å²) in [5, 5.41) is 1.86. The van der Waals surface area contributed by atoms with E-state index in [2.05, 4.69) is 18.8 Å². The summed E-state index contributed by atoms with van der Waals surface area (Å²) >= 11 is 3.34. The van der Waals surface area contributed by atoms with E-state index in [0.717, 1.165) is 28.9 Å². The molecule has 0 bridgehead atoms. The molecule has 2 atom stereocenters. The molecule has 1 aliphatic heterocycles. The van der Waals surface area contributed by atoms with Crippen LogP contribution in [0, 0.1) is 6.92 Å². The zero-order valence-electron chi connectivity index (χ0n) is 12.4. The molecule has 21 heavy (non-hydrogen) atoms. The molecule has 6 heteroatoms. The number of fused-ring (bicyclic) bond motifs is 1. The Morgan fingerprint density at radius 3 is 2.67 bits per heavy atom. The van der Waals surface area contributed by atoms with Crippen molar-refractivity contribution < 1.29 is 4.79 Å². The summed E-state index contributed by atoms with van der Waals surface area (Å²) in [5.41, 5.74) is 7.89. The molecule has 0 aromatic carbocycles. The number of hydrogen-bond donors (Lipinski definition) is 1. The number of nitrogens with zero attached hydrogens (tertiary/aromatic N) is 2. The maximum atomic E-state index is 12.8. The SMILES string of the molecule is Cc1ccnc2sc(C(=O)N3CC(C)SC(C)C3)c(N)c12. The van der Waals surface area contributed by atoms with Gasteiger partial charge in [0.15, 0.2) is 0 Å². The smallest absolute Gasteiger partial charge is 0.266 e. The Kier molecular flexibility index (Phi) is 3.84. The Morgan fingerprint density at radius 2 is 2.05 bits per heavy atom. The second kappa shape index (κ2) is 5.50. The van der Waals surface area contributed by atoms with Crippen molar-refractivity contribution in [2.24, 2.45) is 0 Å². The number of aromatic nitrogens is 1. The van der Waals surface area contributed by atoms with Gasteiger partial charge in [0, 0.05) is 35.2 Å². The van der Waals surface area contributed by atoms with Crippen LogP contribution in [0.3, 0.4) is 0 Å². The quantitative estimate of drug-likeness (QED) is 0.876. The molecule has 2 unspecified atom stereocenters. The van der Waals surface area contributed by atoms with E-state index in [9.17, 15) is 4.79 Å². The summed E-state index contributed by atoms with van der Waals surface area (Å²) in [6.07, 6.45) is 1.77. The largest absolute Gasteiger partial charge is 0.397 e. The third-order valence-electron chi connectivity index (χ3n) is 3.74. The summed E-state index contributed by atoms with van der Waals surface area (Å²) in [6.45, 7) is 7.91. The van der Waals surface area contributed by atoms with E-state index in [-0.39, 0.29) is 5.91 Å². The van der Waals surface area contributed by atoms with Crippen molar-refractivity contribution in [1.29, 1.82) is 0 Å². The molecule has 0 radical (unpaired) electrons. The molecular weight excluding hydrogens is 302 g/mol. The minimum Gasteiger partial charge on any atom is -0.397 e. The van der Waals surface area contributed by atoms with Crippen LogP contribution in [0.2, 0.25) is 0 Å². The van der Waals surface area contributed by atoms with Crippen LogP contribution in [-0.2, 0) is 0 Å². The Balaban J connectivity index is 1.98. The predicted octanol–water partition coefficient (Wildman–Crippen LogP) is 3.15. The van der Waals surface area contributed by atoms with Crippen molar-refractivity contribution in [3.8, 4) is 0 Å². The summed E-state index contributed by atoms with van der Waals surface area (Å²) < 4.78 is 0. The van der Waals surface area contributed by atoms with Crippen LogP contribution in [0.15, 0.2) is 12.3 Å². The van der Waals surface area contributed by atoms with E-state index in [1.807, 2.05) is 29.7 Å². The molecule has 0 saturated carbocycles. The monoisotopic (exact) mass is 321 g/mol. The molecule has 2 aromatic heterocycles. The Bertz CT molecular complexity index is 688. The Morgan fingerprint density at radius 1 is 1.38 bits per heavy atom. The fourth-order valence-electron chi connectivity index (χ4n) is 2.85. The molecule has 0 spiro atoms. The number of nitrogen functional groups attached to an aromatic ring is 1. The van der Waals surface area contributed by atoms with Gasteiger partial charge >= 0.3 is 0 Å². The number of thioether (sulfide) groups is 1. The van der Waals surface area contributed by atoms with E-state index in [1.54, 1.807) is 6.20 Å². The van der Waals surface area contributed by atoms with Crippen molar-refractivity contribution in [2.45, 2.75) is 31.3 Å². The van der Waals surface area contributed by atoms with Crippen LogP contribution in [0.4, 0.5) is 5.69 Å². The minimum atomic E-state index is 0.0499. The molecule has 1 saturated heterocycles. The molecule has 112 valence electrons. The highest BCUT2D eigenvalue weighted by atomic mass is 32.2. The van der Waals surface area contributed by atoms with Crippen LogP contribution in [0.5, 0.6) is 0 Å². The van der Waals surface area contributed by atoms with Crippen LogP contribution >= 0.6 is 23.1 Å². The topological polar surface area (TPSA) is 59.2 Å². The number of anilines is 1. The van der Waals surface area contributed by atoms with Gasteiger partial charge < -0.3 is 10.6 Å². The zero-order chi connectivity index (χ0) is 15.1. The van der Waals surface area contributed by atoms with Gasteiger partial charge in [-0.3, -0.25) is 4.79 Å². The maximum absolute atomic E-state index is 12.8. The number of rotatable bonds is 1. The first kappa shape index (κ1) is 14.7. The highest BCUT2D eigenvalue weighted by molar-refractivity contribution is 8.00. The summed E-state index contributed by atoms with van der Waals surface area (Å²) in [5.74, 6) is 0.0499. The summed E-state index contributed by atoms with van der Waals surface area (Å²) in [6, 6.07) is 1.93. The van der Waals surface area contributed by atoms with Crippen molar-refractivity contribution in [3.05, 3.63) is 22.7 Å². The van der Waals surface area contributed by atoms with Gasteiger partial charge in [0.2, 0.25) is 0 Å². The molecular formula is C15H19N3OS2. The van der Waals surface area contributed by atoms with E-state index in [4.69, 9.17) is 5.73 Å². The van der Waals surface area contributed by atoms with Crippen LogP contribution < -0.4 is 5.73 Å². The number of amides is 1. The molecule has 0 aliphatic carbocycles. The second-order valence-corrected chi connectivity index (χ2v) is 8.50. The Hall–Kier alpha value is -1.27. The standard InChI is InChI=1S/C15H19N3OS2/c1-8-4-5-17-14-11(8)12(16)13(21-14)15(19)18-6-9(2)20-10(3)7-18/h4-5,9-10H,6-7,16H2,1-3H3. The van der Waals surface area contributed by atoms with Crippen LogP contribution in [0.25, 0.3) is 10.2 Å². The van der Waals surface area contributed by atoms with E-state index >= 15 is 0 Å². The Labute approximate surface area is 132 Å². The number of nitrogens with two attached hydrogens (primary N) is 1. The van der Waals surface area contributed by atoms with Gasteiger partial charge in [0.1, 0.15) is 9.71 Å². The van der Waals surface area contributed by atoms with Crippen LogP contribution in [0.1, 0.15) is 29.1 Å². The number of carbonyl (C=O) groups excluding carboxylic acids is 1. The summed E-state index contributed by atoms with van der Waals surface area (Å²) in [7, 11) is 0. The lowest BCUT2D eigenvalue weighted by Gasteiger charge is -2.34. The molecule has 1 fully saturated rings. The van der Waals surface area contributed by atoms with Crippen LogP contribution in [-0.4, -0.2) is 39.4 Å². The van der Waals surface area contributed by atoms with Crippen molar-refractivity contribution in [3.63, 3.8) is 0 Å². The molecule has 1 aliphatic rings. The number of carbonyl (C=O) groups is 1. The van der Waals surface area contributed by atoms with Gasteiger partial charge in [-0.2, -0.15) is 11.8 Å². The third-order valence-corrected chi connectivity index (χ3v) is 6.07. The molecule has 1 amide bonds. The first-order chi connectivity index (χ1) is 9.97. The lowest BCUT2D eigenvalue weighted by Crippen LogP contribution is -2.43. The third kappa shape index (κ3) is 2.62. The molecule has 2 aromatic rings. The number of hydrogen-bond acceptors (Lipinski definition) is 5. The van der Waals surface area contributed by atoms with Crippen molar-refractivity contribution in [1.82, 2.24) is 9.88 Å². The zero-order valence-corrected chi connectivity index (χ0v) is 14.1. The van der Waals surface area contributed by atoms with Gasteiger partial charge in [0.05, 0.1) is 5.69 Å². The lowest BCUT2D eigenvalue weighted by atomic mass is 10.1. The highest BCUT2D eigenvalue weighted by Gasteiger charge is 2.29. The molecule has 3 heterocycles.